The predicted molar refractivity (Wildman–Crippen MR) is 139 cm³/mol. The van der Waals surface area contributed by atoms with E-state index in [4.69, 9.17) is 16.3 Å². The van der Waals surface area contributed by atoms with Crippen LogP contribution >= 0.6 is 11.6 Å². The topological polar surface area (TPSA) is 43.3 Å². The third kappa shape index (κ3) is 5.41. The number of halogens is 1. The van der Waals surface area contributed by atoms with Crippen molar-refractivity contribution in [3.63, 3.8) is 0 Å². The minimum atomic E-state index is -0.0932. The molecule has 0 saturated carbocycles. The Kier molecular flexibility index (Phi) is 7.51. The van der Waals surface area contributed by atoms with Gasteiger partial charge < -0.3 is 14.6 Å². The molecule has 0 spiro atoms. The first-order valence-electron chi connectivity index (χ1n) is 11.2. The number of hydrogen-bond acceptors (Lipinski definition) is 2. The summed E-state index contributed by atoms with van der Waals surface area (Å²) in [6.07, 6.45) is 2.53. The van der Waals surface area contributed by atoms with Crippen molar-refractivity contribution in [2.75, 3.05) is 6.54 Å². The summed E-state index contributed by atoms with van der Waals surface area (Å²) in [5.74, 6) is 0.662. The highest BCUT2D eigenvalue weighted by atomic mass is 35.5. The molecule has 4 aromatic rings. The molecule has 172 valence electrons. The molecule has 0 aliphatic heterocycles. The van der Waals surface area contributed by atoms with E-state index >= 15 is 0 Å². The molecule has 0 saturated heterocycles. The van der Waals surface area contributed by atoms with E-state index in [9.17, 15) is 4.79 Å². The van der Waals surface area contributed by atoms with Gasteiger partial charge in [-0.1, -0.05) is 48.0 Å². The number of hydrogen-bond donors (Lipinski definition) is 1. The lowest BCUT2D eigenvalue weighted by Crippen LogP contribution is -2.24. The number of aromatic nitrogens is 1. The number of amides is 1. The van der Waals surface area contributed by atoms with E-state index in [-0.39, 0.29) is 5.91 Å². The van der Waals surface area contributed by atoms with Crippen LogP contribution in [0.3, 0.4) is 0 Å². The van der Waals surface area contributed by atoms with Gasteiger partial charge in [0.15, 0.2) is 0 Å². The van der Waals surface area contributed by atoms with Gasteiger partial charge in [-0.25, -0.2) is 0 Å². The molecule has 0 aliphatic rings. The molecule has 0 radical (unpaired) electrons. The van der Waals surface area contributed by atoms with Gasteiger partial charge in [0, 0.05) is 34.1 Å². The first kappa shape index (κ1) is 23.4. The molecule has 3 aromatic carbocycles. The molecule has 4 nitrogen and oxygen atoms in total. The Morgan fingerprint density at radius 1 is 1.03 bits per heavy atom. The van der Waals surface area contributed by atoms with Crippen molar-refractivity contribution in [2.45, 2.75) is 20.0 Å². The van der Waals surface area contributed by atoms with Gasteiger partial charge in [0.2, 0.25) is 0 Å². The normalized spacial score (nSPS) is 10.6. The van der Waals surface area contributed by atoms with Crippen molar-refractivity contribution >= 4 is 17.5 Å². The average molecular weight is 471 g/mol. The molecule has 1 aromatic heterocycles. The van der Waals surface area contributed by atoms with Gasteiger partial charge in [-0.15, -0.1) is 6.58 Å². The SMILES string of the molecule is C=CCCNC(=O)c1ccc(-n2c(C)ccc2-c2cc(Cl)ccc2OCc2ccccc2)cc1. The average Bonchev–Trinajstić information content (AvgIpc) is 3.25. The number of carbonyl (C=O) groups is 1. The molecule has 0 unspecified atom stereocenters. The summed E-state index contributed by atoms with van der Waals surface area (Å²) in [6.45, 7) is 6.77. The highest BCUT2D eigenvalue weighted by molar-refractivity contribution is 6.31. The van der Waals surface area contributed by atoms with Crippen LogP contribution in [0, 0.1) is 6.92 Å². The quantitative estimate of drug-likeness (QED) is 0.211. The Morgan fingerprint density at radius 2 is 1.79 bits per heavy atom. The number of carbonyl (C=O) groups excluding carboxylic acids is 1. The second-order valence-electron chi connectivity index (χ2n) is 7.99. The maximum atomic E-state index is 12.4. The summed E-state index contributed by atoms with van der Waals surface area (Å²) in [7, 11) is 0. The highest BCUT2D eigenvalue weighted by Crippen LogP contribution is 2.36. The van der Waals surface area contributed by atoms with Crippen LogP contribution in [0.2, 0.25) is 5.02 Å². The third-order valence-electron chi connectivity index (χ3n) is 5.55. The minimum Gasteiger partial charge on any atom is -0.488 e. The van der Waals surface area contributed by atoms with E-state index in [1.165, 1.54) is 0 Å². The Bertz CT molecular complexity index is 1280. The lowest BCUT2D eigenvalue weighted by molar-refractivity contribution is 0.0954. The molecule has 4 rings (SSSR count). The number of rotatable bonds is 9. The van der Waals surface area contributed by atoms with E-state index < -0.39 is 0 Å². The molecule has 1 amide bonds. The second kappa shape index (κ2) is 10.9. The molecular formula is C29H27ClN2O2. The zero-order valence-corrected chi connectivity index (χ0v) is 19.9. The van der Waals surface area contributed by atoms with E-state index in [0.717, 1.165) is 40.4 Å². The number of ether oxygens (including phenoxy) is 1. The maximum Gasteiger partial charge on any atom is 0.251 e. The molecule has 0 bridgehead atoms. The zero-order valence-electron chi connectivity index (χ0n) is 19.1. The summed E-state index contributed by atoms with van der Waals surface area (Å²) in [5, 5.41) is 3.53. The molecule has 1 N–H and O–H groups in total. The summed E-state index contributed by atoms with van der Waals surface area (Å²) in [6, 6.07) is 27.4. The maximum absolute atomic E-state index is 12.4. The van der Waals surface area contributed by atoms with E-state index in [2.05, 4.69) is 35.5 Å². The van der Waals surface area contributed by atoms with E-state index in [0.29, 0.717) is 23.7 Å². The van der Waals surface area contributed by atoms with Crippen molar-refractivity contribution in [1.82, 2.24) is 9.88 Å². The lowest BCUT2D eigenvalue weighted by atomic mass is 10.1. The van der Waals surface area contributed by atoms with Crippen LogP contribution in [0.5, 0.6) is 5.75 Å². The van der Waals surface area contributed by atoms with Gasteiger partial charge in [-0.3, -0.25) is 4.79 Å². The fraction of sp³-hybridized carbons (Fsp3) is 0.138. The zero-order chi connectivity index (χ0) is 23.9. The molecule has 0 atom stereocenters. The summed E-state index contributed by atoms with van der Waals surface area (Å²) < 4.78 is 8.34. The lowest BCUT2D eigenvalue weighted by Gasteiger charge is -2.16. The van der Waals surface area contributed by atoms with Crippen LogP contribution in [-0.2, 0) is 6.61 Å². The number of benzene rings is 3. The minimum absolute atomic E-state index is 0.0932. The number of aryl methyl sites for hydroxylation is 1. The summed E-state index contributed by atoms with van der Waals surface area (Å²) in [5.41, 5.74) is 5.60. The summed E-state index contributed by atoms with van der Waals surface area (Å²) >= 11 is 6.38. The first-order chi connectivity index (χ1) is 16.6. The largest absolute Gasteiger partial charge is 0.488 e. The van der Waals surface area contributed by atoms with Gasteiger partial charge in [-0.05, 0) is 73.5 Å². The van der Waals surface area contributed by atoms with Crippen molar-refractivity contribution in [3.05, 3.63) is 119 Å². The van der Waals surface area contributed by atoms with Crippen LogP contribution in [0.25, 0.3) is 16.9 Å². The van der Waals surface area contributed by atoms with Crippen molar-refractivity contribution in [1.29, 1.82) is 0 Å². The summed E-state index contributed by atoms with van der Waals surface area (Å²) in [4.78, 5) is 12.4. The van der Waals surface area contributed by atoms with Gasteiger partial charge in [-0.2, -0.15) is 0 Å². The molecule has 0 aliphatic carbocycles. The molecule has 5 heteroatoms. The van der Waals surface area contributed by atoms with Crippen molar-refractivity contribution < 1.29 is 9.53 Å². The third-order valence-corrected chi connectivity index (χ3v) is 5.79. The van der Waals surface area contributed by atoms with Crippen LogP contribution in [0.15, 0.2) is 97.6 Å². The Labute approximate surface area is 205 Å². The molecule has 0 fully saturated rings. The second-order valence-corrected chi connectivity index (χ2v) is 8.43. The fourth-order valence-electron chi connectivity index (χ4n) is 3.81. The number of nitrogens with zero attached hydrogens (tertiary/aromatic N) is 1. The highest BCUT2D eigenvalue weighted by Gasteiger charge is 2.15. The van der Waals surface area contributed by atoms with Gasteiger partial charge in [0.25, 0.3) is 5.91 Å². The number of nitrogens with one attached hydrogen (secondary N) is 1. The van der Waals surface area contributed by atoms with Crippen molar-refractivity contribution in [2.24, 2.45) is 0 Å². The standard InChI is InChI=1S/C29H27ClN2O2/c1-3-4-18-31-29(33)23-11-14-25(15-12-23)32-21(2)10-16-27(32)26-19-24(30)13-17-28(26)34-20-22-8-6-5-7-9-22/h3,5-17,19H,1,4,18,20H2,2H3,(H,31,33). The van der Waals surface area contributed by atoms with Crippen molar-refractivity contribution in [3.8, 4) is 22.7 Å². The van der Waals surface area contributed by atoms with E-state index in [1.54, 1.807) is 6.08 Å². The van der Waals surface area contributed by atoms with Crippen LogP contribution in [0.4, 0.5) is 0 Å². The Morgan fingerprint density at radius 3 is 2.53 bits per heavy atom. The molecular weight excluding hydrogens is 444 g/mol. The van der Waals surface area contributed by atoms with E-state index in [1.807, 2.05) is 72.8 Å². The van der Waals surface area contributed by atoms with Gasteiger partial charge in [0.1, 0.15) is 12.4 Å². The first-order valence-corrected chi connectivity index (χ1v) is 11.6. The monoisotopic (exact) mass is 470 g/mol. The smallest absolute Gasteiger partial charge is 0.251 e. The van der Waals surface area contributed by atoms with Gasteiger partial charge >= 0.3 is 0 Å². The Balaban J connectivity index is 1.64. The predicted octanol–water partition coefficient (Wildman–Crippen LogP) is 6.99. The van der Waals surface area contributed by atoms with Gasteiger partial charge in [0.05, 0.1) is 5.69 Å². The molecule has 34 heavy (non-hydrogen) atoms. The fourth-order valence-corrected chi connectivity index (χ4v) is 3.98. The molecule has 1 heterocycles. The Hall–Kier alpha value is -3.76. The van der Waals surface area contributed by atoms with Crippen LogP contribution in [0.1, 0.15) is 28.0 Å². The van der Waals surface area contributed by atoms with Crippen LogP contribution in [-0.4, -0.2) is 17.0 Å². The van der Waals surface area contributed by atoms with Crippen LogP contribution < -0.4 is 10.1 Å².